The van der Waals surface area contributed by atoms with E-state index in [0.717, 1.165) is 31.8 Å². The molecule has 0 radical (unpaired) electrons. The summed E-state index contributed by atoms with van der Waals surface area (Å²) in [5.74, 6) is 0.928. The van der Waals surface area contributed by atoms with Gasteiger partial charge in [-0.2, -0.15) is 0 Å². The lowest BCUT2D eigenvalue weighted by molar-refractivity contribution is -0.127. The second-order valence-electron chi connectivity index (χ2n) is 5.47. The number of nitrogens with zero attached hydrogens (tertiary/aromatic N) is 1. The molecule has 2 nitrogen and oxygen atoms in total. The third kappa shape index (κ3) is 3.37. The summed E-state index contributed by atoms with van der Waals surface area (Å²) in [5.41, 5.74) is 0.385. The maximum Gasteiger partial charge on any atom is 0.246 e. The van der Waals surface area contributed by atoms with Crippen molar-refractivity contribution in [3.8, 4) is 0 Å². The Morgan fingerprint density at radius 2 is 1.80 bits per heavy atom. The van der Waals surface area contributed by atoms with E-state index in [0.29, 0.717) is 5.41 Å². The summed E-state index contributed by atoms with van der Waals surface area (Å²) < 4.78 is 0. The van der Waals surface area contributed by atoms with Crippen LogP contribution in [0.4, 0.5) is 0 Å². The first-order valence-electron chi connectivity index (χ1n) is 5.86. The van der Waals surface area contributed by atoms with Gasteiger partial charge >= 0.3 is 0 Å². The molecule has 0 spiro atoms. The number of rotatable bonds is 1. The molecule has 1 amide bonds. The van der Waals surface area contributed by atoms with Gasteiger partial charge in [0.1, 0.15) is 0 Å². The van der Waals surface area contributed by atoms with Crippen LogP contribution < -0.4 is 0 Å². The summed E-state index contributed by atoms with van der Waals surface area (Å²) in [5, 5.41) is 0. The third-order valence-corrected chi connectivity index (χ3v) is 3.34. The first-order valence-corrected chi connectivity index (χ1v) is 5.86. The zero-order valence-corrected chi connectivity index (χ0v) is 10.4. The van der Waals surface area contributed by atoms with Gasteiger partial charge in [-0.3, -0.25) is 4.79 Å². The molecule has 1 aliphatic rings. The zero-order valence-electron chi connectivity index (χ0n) is 10.4. The van der Waals surface area contributed by atoms with Crippen LogP contribution in [0.3, 0.4) is 0 Å². The smallest absolute Gasteiger partial charge is 0.246 e. The van der Waals surface area contributed by atoms with E-state index in [1.165, 1.54) is 0 Å². The topological polar surface area (TPSA) is 20.3 Å². The van der Waals surface area contributed by atoms with E-state index in [1.807, 2.05) is 17.9 Å². The van der Waals surface area contributed by atoms with Crippen LogP contribution in [-0.2, 0) is 4.79 Å². The third-order valence-electron chi connectivity index (χ3n) is 3.34. The summed E-state index contributed by atoms with van der Waals surface area (Å²) in [6.07, 6.45) is 5.77. The highest BCUT2D eigenvalue weighted by molar-refractivity contribution is 5.87. The molecule has 1 saturated heterocycles. The van der Waals surface area contributed by atoms with Crippen LogP contribution >= 0.6 is 0 Å². The molecule has 0 aliphatic carbocycles. The lowest BCUT2D eigenvalue weighted by atomic mass is 9.75. The molecular formula is C13H23NO. The van der Waals surface area contributed by atoms with Crippen molar-refractivity contribution in [2.75, 3.05) is 13.1 Å². The van der Waals surface area contributed by atoms with E-state index in [9.17, 15) is 4.79 Å². The minimum absolute atomic E-state index is 0.171. The second-order valence-corrected chi connectivity index (χ2v) is 5.47. The van der Waals surface area contributed by atoms with Crippen molar-refractivity contribution in [1.29, 1.82) is 0 Å². The fraction of sp³-hybridized carbons (Fsp3) is 0.769. The molecule has 0 atom stereocenters. The van der Waals surface area contributed by atoms with Crippen molar-refractivity contribution in [3.63, 3.8) is 0 Å². The van der Waals surface area contributed by atoms with Crippen LogP contribution in [0.5, 0.6) is 0 Å². The lowest BCUT2D eigenvalue weighted by Gasteiger charge is -2.38. The Labute approximate surface area is 93.3 Å². The van der Waals surface area contributed by atoms with E-state index >= 15 is 0 Å². The molecule has 1 aliphatic heterocycles. The SMILES string of the molecule is CC=CC(=O)N1CCC(C(C)(C)C)CC1. The van der Waals surface area contributed by atoms with Gasteiger partial charge in [0.2, 0.25) is 5.91 Å². The van der Waals surface area contributed by atoms with Crippen LogP contribution in [0.15, 0.2) is 12.2 Å². The quantitative estimate of drug-likeness (QED) is 0.608. The Hall–Kier alpha value is -0.790. The molecule has 0 bridgehead atoms. The Morgan fingerprint density at radius 3 is 2.20 bits per heavy atom. The number of carbonyl (C=O) groups excluding carboxylic acids is 1. The van der Waals surface area contributed by atoms with Crippen molar-refractivity contribution in [2.24, 2.45) is 11.3 Å². The molecule has 1 heterocycles. The Bertz CT molecular complexity index is 242. The van der Waals surface area contributed by atoms with E-state index in [4.69, 9.17) is 0 Å². The molecular weight excluding hydrogens is 186 g/mol. The molecule has 2 heteroatoms. The number of carbonyl (C=O) groups is 1. The summed E-state index contributed by atoms with van der Waals surface area (Å²) in [7, 11) is 0. The van der Waals surface area contributed by atoms with E-state index < -0.39 is 0 Å². The normalized spacial score (nSPS) is 19.9. The van der Waals surface area contributed by atoms with Gasteiger partial charge in [0.15, 0.2) is 0 Å². The molecule has 86 valence electrons. The summed E-state index contributed by atoms with van der Waals surface area (Å²) in [6.45, 7) is 10.6. The van der Waals surface area contributed by atoms with E-state index in [2.05, 4.69) is 20.8 Å². The number of amides is 1. The molecule has 15 heavy (non-hydrogen) atoms. The number of hydrogen-bond acceptors (Lipinski definition) is 1. The molecule has 0 saturated carbocycles. The van der Waals surface area contributed by atoms with Gasteiger partial charge in [-0.05, 0) is 37.2 Å². The molecule has 1 fully saturated rings. The summed E-state index contributed by atoms with van der Waals surface area (Å²) in [4.78, 5) is 13.6. The maximum atomic E-state index is 11.6. The number of hydrogen-bond donors (Lipinski definition) is 0. The van der Waals surface area contributed by atoms with Crippen molar-refractivity contribution in [3.05, 3.63) is 12.2 Å². The molecule has 1 rings (SSSR count). The molecule has 0 aromatic heterocycles. The maximum absolute atomic E-state index is 11.6. The van der Waals surface area contributed by atoms with Crippen LogP contribution in [0.2, 0.25) is 0 Å². The highest BCUT2D eigenvalue weighted by Gasteiger charge is 2.29. The first-order chi connectivity index (χ1) is 6.95. The van der Waals surface area contributed by atoms with Gasteiger partial charge in [0.05, 0.1) is 0 Å². The van der Waals surface area contributed by atoms with Gasteiger partial charge in [0.25, 0.3) is 0 Å². The van der Waals surface area contributed by atoms with Crippen LogP contribution in [0.25, 0.3) is 0 Å². The zero-order chi connectivity index (χ0) is 11.5. The van der Waals surface area contributed by atoms with Gasteiger partial charge in [-0.1, -0.05) is 26.8 Å². The monoisotopic (exact) mass is 209 g/mol. The van der Waals surface area contributed by atoms with Gasteiger partial charge in [-0.25, -0.2) is 0 Å². The van der Waals surface area contributed by atoms with Crippen molar-refractivity contribution >= 4 is 5.91 Å². The largest absolute Gasteiger partial charge is 0.339 e. The predicted molar refractivity (Wildman–Crippen MR) is 63.6 cm³/mol. The Balaban J connectivity index is 2.46. The van der Waals surface area contributed by atoms with Gasteiger partial charge in [-0.15, -0.1) is 0 Å². The molecule has 0 unspecified atom stereocenters. The van der Waals surface area contributed by atoms with Crippen LogP contribution in [0.1, 0.15) is 40.5 Å². The summed E-state index contributed by atoms with van der Waals surface area (Å²) >= 11 is 0. The van der Waals surface area contributed by atoms with Crippen molar-refractivity contribution in [1.82, 2.24) is 4.90 Å². The van der Waals surface area contributed by atoms with Crippen molar-refractivity contribution < 1.29 is 4.79 Å². The number of piperidine rings is 1. The molecule has 0 aromatic rings. The first kappa shape index (κ1) is 12.3. The minimum atomic E-state index is 0.171. The second kappa shape index (κ2) is 4.82. The van der Waals surface area contributed by atoms with E-state index in [-0.39, 0.29) is 5.91 Å². The molecule has 0 N–H and O–H groups in total. The van der Waals surface area contributed by atoms with Crippen LogP contribution in [-0.4, -0.2) is 23.9 Å². The Kier molecular flexibility index (Phi) is 3.95. The van der Waals surface area contributed by atoms with Crippen molar-refractivity contribution in [2.45, 2.75) is 40.5 Å². The minimum Gasteiger partial charge on any atom is -0.339 e. The number of allylic oxidation sites excluding steroid dienone is 1. The Morgan fingerprint density at radius 1 is 1.27 bits per heavy atom. The highest BCUT2D eigenvalue weighted by Crippen LogP contribution is 2.34. The average Bonchev–Trinajstić information content (AvgIpc) is 2.17. The van der Waals surface area contributed by atoms with Crippen LogP contribution in [0, 0.1) is 11.3 Å². The standard InChI is InChI=1S/C13H23NO/c1-5-6-12(15)14-9-7-11(8-10-14)13(2,3)4/h5-6,11H,7-10H2,1-4H3. The van der Waals surface area contributed by atoms with E-state index in [1.54, 1.807) is 6.08 Å². The lowest BCUT2D eigenvalue weighted by Crippen LogP contribution is -2.40. The van der Waals surface area contributed by atoms with Gasteiger partial charge < -0.3 is 4.90 Å². The summed E-state index contributed by atoms with van der Waals surface area (Å²) in [6, 6.07) is 0. The average molecular weight is 209 g/mol. The number of likely N-dealkylation sites (tertiary alicyclic amines) is 1. The predicted octanol–water partition coefficient (Wildman–Crippen LogP) is 2.85. The van der Waals surface area contributed by atoms with Gasteiger partial charge in [0, 0.05) is 13.1 Å². The highest BCUT2D eigenvalue weighted by atomic mass is 16.2. The fourth-order valence-corrected chi connectivity index (χ4v) is 2.21. The molecule has 0 aromatic carbocycles. The fourth-order valence-electron chi connectivity index (χ4n) is 2.21.